The zero-order valence-corrected chi connectivity index (χ0v) is 16.4. The second kappa shape index (κ2) is 8.00. The quantitative estimate of drug-likeness (QED) is 0.659. The van der Waals surface area contributed by atoms with Crippen LogP contribution in [-0.4, -0.2) is 45.6 Å². The third kappa shape index (κ3) is 3.97. The fraction of sp³-hybridized carbons (Fsp3) is 0.263. The lowest BCUT2D eigenvalue weighted by molar-refractivity contribution is 0.102. The molecule has 3 aromatic rings. The van der Waals surface area contributed by atoms with E-state index in [1.807, 2.05) is 18.3 Å². The Hall–Kier alpha value is -3.27. The summed E-state index contributed by atoms with van der Waals surface area (Å²) in [6.45, 7) is 2.08. The number of carbonyl (C=O) groups is 1. The van der Waals surface area contributed by atoms with Crippen LogP contribution in [0, 0.1) is 5.82 Å². The maximum absolute atomic E-state index is 13.7. The van der Waals surface area contributed by atoms with Gasteiger partial charge in [-0.15, -0.1) is 0 Å². The topological polar surface area (TPSA) is 100 Å². The smallest absolute Gasteiger partial charge is 0.258 e. The molecule has 4 rings (SSSR count). The zero-order valence-electron chi connectivity index (χ0n) is 15.6. The van der Waals surface area contributed by atoms with Gasteiger partial charge in [0.15, 0.2) is 22.3 Å². The summed E-state index contributed by atoms with van der Waals surface area (Å²) in [5.41, 5.74) is 1.71. The van der Waals surface area contributed by atoms with Gasteiger partial charge in [0.1, 0.15) is 5.69 Å². The Kier molecular flexibility index (Phi) is 5.26. The number of rotatable bonds is 5. The Morgan fingerprint density at radius 2 is 2.10 bits per heavy atom. The van der Waals surface area contributed by atoms with Gasteiger partial charge in [-0.2, -0.15) is 9.36 Å². The number of nitrogens with one attached hydrogen (secondary N) is 1. The van der Waals surface area contributed by atoms with Crippen molar-refractivity contribution in [3.8, 4) is 22.2 Å². The average molecular weight is 415 g/mol. The number of amides is 1. The molecule has 0 spiro atoms. The van der Waals surface area contributed by atoms with Crippen LogP contribution in [0.15, 0.2) is 30.5 Å². The minimum absolute atomic E-state index is 0.0263. The number of aromatic hydroxyl groups is 1. The molecule has 1 fully saturated rings. The molecule has 0 radical (unpaired) electrons. The van der Waals surface area contributed by atoms with Crippen molar-refractivity contribution in [2.24, 2.45) is 0 Å². The monoisotopic (exact) mass is 415 g/mol. The fourth-order valence-corrected chi connectivity index (χ4v) is 3.69. The predicted molar refractivity (Wildman–Crippen MR) is 107 cm³/mol. The van der Waals surface area contributed by atoms with Crippen molar-refractivity contribution in [2.75, 3.05) is 30.4 Å². The van der Waals surface area contributed by atoms with Crippen LogP contribution in [0.25, 0.3) is 10.7 Å². The molecule has 29 heavy (non-hydrogen) atoms. The lowest BCUT2D eigenvalue weighted by Gasteiger charge is -2.16. The summed E-state index contributed by atoms with van der Waals surface area (Å²) in [4.78, 5) is 23.4. The number of benzene rings is 1. The average Bonchev–Trinajstić information content (AvgIpc) is 3.42. The van der Waals surface area contributed by atoms with Crippen LogP contribution >= 0.6 is 11.5 Å². The van der Waals surface area contributed by atoms with E-state index in [2.05, 4.69) is 24.6 Å². The summed E-state index contributed by atoms with van der Waals surface area (Å²) in [5.74, 6) is -2.27. The van der Waals surface area contributed by atoms with Gasteiger partial charge in [0.2, 0.25) is 5.95 Å². The molecule has 2 N–H and O–H groups in total. The second-order valence-corrected chi connectivity index (χ2v) is 7.23. The zero-order chi connectivity index (χ0) is 20.4. The van der Waals surface area contributed by atoms with Crippen molar-refractivity contribution < 1.29 is 19.0 Å². The van der Waals surface area contributed by atoms with Crippen molar-refractivity contribution in [1.29, 1.82) is 0 Å². The molecule has 0 aliphatic carbocycles. The molecule has 1 aliphatic rings. The summed E-state index contributed by atoms with van der Waals surface area (Å²) in [7, 11) is 1.27. The number of phenols is 1. The van der Waals surface area contributed by atoms with Gasteiger partial charge < -0.3 is 14.7 Å². The van der Waals surface area contributed by atoms with Crippen molar-refractivity contribution >= 4 is 29.1 Å². The normalized spacial score (nSPS) is 13.5. The highest BCUT2D eigenvalue weighted by Gasteiger charge is 2.18. The molecule has 0 unspecified atom stereocenters. The highest BCUT2D eigenvalue weighted by atomic mass is 32.1. The van der Waals surface area contributed by atoms with E-state index < -0.39 is 17.5 Å². The SMILES string of the molecule is COc1cc(C(=O)Nc2nsc(-c3ccc(N4CCCC4)cn3)n2)cc(F)c1O. The number of hydrogen-bond donors (Lipinski definition) is 2. The number of hydrogen-bond acceptors (Lipinski definition) is 8. The van der Waals surface area contributed by atoms with E-state index in [0.29, 0.717) is 10.7 Å². The summed E-state index contributed by atoms with van der Waals surface area (Å²) >= 11 is 1.10. The van der Waals surface area contributed by atoms with E-state index in [1.165, 1.54) is 26.0 Å². The van der Waals surface area contributed by atoms with Crippen LogP contribution in [0.5, 0.6) is 11.5 Å². The Morgan fingerprint density at radius 3 is 2.79 bits per heavy atom. The van der Waals surface area contributed by atoms with Crippen LogP contribution in [0.4, 0.5) is 16.0 Å². The third-order valence-electron chi connectivity index (χ3n) is 4.60. The number of anilines is 2. The van der Waals surface area contributed by atoms with Crippen molar-refractivity contribution in [3.63, 3.8) is 0 Å². The van der Waals surface area contributed by atoms with Crippen LogP contribution in [0.3, 0.4) is 0 Å². The largest absolute Gasteiger partial charge is 0.502 e. The van der Waals surface area contributed by atoms with Gasteiger partial charge in [-0.25, -0.2) is 4.39 Å². The molecule has 8 nitrogen and oxygen atoms in total. The Balaban J connectivity index is 1.48. The van der Waals surface area contributed by atoms with E-state index in [0.717, 1.165) is 36.4 Å². The summed E-state index contributed by atoms with van der Waals surface area (Å²) in [6, 6.07) is 6.03. The second-order valence-electron chi connectivity index (χ2n) is 6.48. The van der Waals surface area contributed by atoms with Crippen molar-refractivity contribution in [2.45, 2.75) is 12.8 Å². The van der Waals surface area contributed by atoms with Gasteiger partial charge in [-0.05, 0) is 48.6 Å². The molecule has 0 atom stereocenters. The molecule has 0 bridgehead atoms. The maximum Gasteiger partial charge on any atom is 0.258 e. The van der Waals surface area contributed by atoms with E-state index >= 15 is 0 Å². The molecular weight excluding hydrogens is 397 g/mol. The lowest BCUT2D eigenvalue weighted by Crippen LogP contribution is -2.17. The fourth-order valence-electron chi connectivity index (χ4n) is 3.09. The molecule has 2 aromatic heterocycles. The van der Waals surface area contributed by atoms with Gasteiger partial charge in [0.25, 0.3) is 5.91 Å². The molecule has 1 aliphatic heterocycles. The minimum atomic E-state index is -0.955. The minimum Gasteiger partial charge on any atom is -0.502 e. The number of halogens is 1. The first-order valence-electron chi connectivity index (χ1n) is 8.98. The first-order chi connectivity index (χ1) is 14.0. The van der Waals surface area contributed by atoms with Crippen LogP contribution in [0.2, 0.25) is 0 Å². The standard InChI is InChI=1S/C19H18FN5O3S/c1-28-15-9-11(8-13(20)16(15)26)17(27)22-19-23-18(29-24-19)14-5-4-12(10-21-14)25-6-2-3-7-25/h4-5,8-10,26H,2-3,6-7H2,1H3,(H,22,24,27). The first-order valence-corrected chi connectivity index (χ1v) is 9.75. The number of methoxy groups -OCH3 is 1. The number of carbonyl (C=O) groups excluding carboxylic acids is 1. The summed E-state index contributed by atoms with van der Waals surface area (Å²) < 4.78 is 22.7. The van der Waals surface area contributed by atoms with Gasteiger partial charge in [-0.3, -0.25) is 15.1 Å². The lowest BCUT2D eigenvalue weighted by atomic mass is 10.2. The third-order valence-corrected chi connectivity index (χ3v) is 5.34. The number of nitrogens with zero attached hydrogens (tertiary/aromatic N) is 4. The van der Waals surface area contributed by atoms with Crippen molar-refractivity contribution in [3.05, 3.63) is 41.8 Å². The van der Waals surface area contributed by atoms with Gasteiger partial charge in [0, 0.05) is 18.7 Å². The van der Waals surface area contributed by atoms with Gasteiger partial charge >= 0.3 is 0 Å². The van der Waals surface area contributed by atoms with Crippen LogP contribution in [0.1, 0.15) is 23.2 Å². The van der Waals surface area contributed by atoms with Gasteiger partial charge in [0.05, 0.1) is 19.0 Å². The molecule has 10 heteroatoms. The highest BCUT2D eigenvalue weighted by molar-refractivity contribution is 7.09. The number of pyridine rings is 1. The molecule has 150 valence electrons. The Bertz CT molecular complexity index is 1030. The van der Waals surface area contributed by atoms with E-state index in [-0.39, 0.29) is 17.3 Å². The summed E-state index contributed by atoms with van der Waals surface area (Å²) in [6.07, 6.45) is 4.20. The Labute approximate surface area is 170 Å². The van der Waals surface area contributed by atoms with E-state index in [9.17, 15) is 14.3 Å². The van der Waals surface area contributed by atoms with E-state index in [1.54, 1.807) is 0 Å². The molecule has 3 heterocycles. The predicted octanol–water partition coefficient (Wildman–Crippen LogP) is 3.31. The molecule has 1 saturated heterocycles. The summed E-state index contributed by atoms with van der Waals surface area (Å²) in [5, 5.41) is 12.6. The maximum atomic E-state index is 13.7. The number of phenolic OH excluding ortho intramolecular Hbond substituents is 1. The number of aromatic nitrogens is 3. The van der Waals surface area contributed by atoms with Crippen molar-refractivity contribution in [1.82, 2.24) is 14.3 Å². The highest BCUT2D eigenvalue weighted by Crippen LogP contribution is 2.30. The van der Waals surface area contributed by atoms with Crippen LogP contribution < -0.4 is 15.0 Å². The van der Waals surface area contributed by atoms with Crippen LogP contribution in [-0.2, 0) is 0 Å². The van der Waals surface area contributed by atoms with Gasteiger partial charge in [-0.1, -0.05) is 0 Å². The van der Waals surface area contributed by atoms with E-state index in [4.69, 9.17) is 4.74 Å². The molecule has 1 aromatic carbocycles. The molecule has 1 amide bonds. The molecular formula is C19H18FN5O3S. The number of ether oxygens (including phenoxy) is 1. The Morgan fingerprint density at radius 1 is 1.31 bits per heavy atom. The molecule has 0 saturated carbocycles. The first kappa shape index (κ1) is 19.1.